The Bertz CT molecular complexity index is 700. The lowest BCUT2D eigenvalue weighted by Crippen LogP contribution is -2.29. The summed E-state index contributed by atoms with van der Waals surface area (Å²) in [4.78, 5) is 19.2. The summed E-state index contributed by atoms with van der Waals surface area (Å²) in [7, 11) is 0. The van der Waals surface area contributed by atoms with E-state index in [0.717, 1.165) is 22.8 Å². The molecule has 0 aliphatic rings. The molecule has 0 aromatic carbocycles. The second kappa shape index (κ2) is 5.85. The van der Waals surface area contributed by atoms with Gasteiger partial charge in [0.25, 0.3) is 5.56 Å². The average Bonchev–Trinajstić information content (AvgIpc) is 2.66. The summed E-state index contributed by atoms with van der Waals surface area (Å²) in [6.45, 7) is 11.6. The van der Waals surface area contributed by atoms with E-state index in [0.29, 0.717) is 11.4 Å². The fourth-order valence-corrected chi connectivity index (χ4v) is 2.87. The molecule has 2 unspecified atom stereocenters. The largest absolute Gasteiger partial charge is 0.466 e. The van der Waals surface area contributed by atoms with Gasteiger partial charge in [0.05, 0.1) is 5.56 Å². The predicted octanol–water partition coefficient (Wildman–Crippen LogP) is 3.01. The fourth-order valence-electron chi connectivity index (χ4n) is 2.87. The topological polar surface area (TPSA) is 70.9 Å². The molecule has 5 nitrogen and oxygen atoms in total. The molecule has 0 radical (unpaired) electrons. The van der Waals surface area contributed by atoms with Gasteiger partial charge in [0.1, 0.15) is 17.3 Å². The first-order chi connectivity index (χ1) is 9.79. The molecule has 2 aromatic heterocycles. The zero-order valence-corrected chi connectivity index (χ0v) is 13.5. The van der Waals surface area contributed by atoms with Gasteiger partial charge in [-0.05, 0) is 47.6 Å². The van der Waals surface area contributed by atoms with E-state index < -0.39 is 0 Å². The first-order valence-corrected chi connectivity index (χ1v) is 7.20. The summed E-state index contributed by atoms with van der Waals surface area (Å²) in [6, 6.07) is 2.04. The van der Waals surface area contributed by atoms with Crippen molar-refractivity contribution in [2.24, 2.45) is 0 Å². The Morgan fingerprint density at radius 3 is 2.38 bits per heavy atom. The Balaban J connectivity index is 2.24. The number of nitrogens with one attached hydrogen (secondary N) is 2. The van der Waals surface area contributed by atoms with Crippen molar-refractivity contribution in [1.29, 1.82) is 0 Å². The minimum Gasteiger partial charge on any atom is -0.466 e. The molecule has 2 N–H and O–H groups in total. The van der Waals surface area contributed by atoms with Crippen molar-refractivity contribution in [3.8, 4) is 0 Å². The van der Waals surface area contributed by atoms with E-state index in [1.54, 1.807) is 6.92 Å². The van der Waals surface area contributed by atoms with Crippen LogP contribution >= 0.6 is 0 Å². The van der Waals surface area contributed by atoms with Gasteiger partial charge < -0.3 is 14.7 Å². The van der Waals surface area contributed by atoms with Gasteiger partial charge in [0.15, 0.2) is 0 Å². The second-order valence-electron chi connectivity index (χ2n) is 5.63. The molecule has 0 bridgehead atoms. The van der Waals surface area contributed by atoms with Crippen LogP contribution in [-0.2, 0) is 0 Å². The second-order valence-corrected chi connectivity index (χ2v) is 5.63. The van der Waals surface area contributed by atoms with Crippen LogP contribution in [0.4, 0.5) is 0 Å². The quantitative estimate of drug-likeness (QED) is 0.907. The highest BCUT2D eigenvalue weighted by atomic mass is 16.3. The Hall–Kier alpha value is -1.88. The van der Waals surface area contributed by atoms with Crippen molar-refractivity contribution in [1.82, 2.24) is 15.3 Å². The van der Waals surface area contributed by atoms with Crippen molar-refractivity contribution in [2.45, 2.75) is 53.6 Å². The van der Waals surface area contributed by atoms with Gasteiger partial charge in [-0.2, -0.15) is 0 Å². The minimum absolute atomic E-state index is 0.0766. The van der Waals surface area contributed by atoms with Crippen LogP contribution in [0.15, 0.2) is 15.3 Å². The molecule has 2 aromatic rings. The number of hydrogen-bond acceptors (Lipinski definition) is 4. The van der Waals surface area contributed by atoms with Crippen molar-refractivity contribution in [3.63, 3.8) is 0 Å². The number of aromatic amines is 1. The molecule has 2 heterocycles. The monoisotopic (exact) mass is 289 g/mol. The van der Waals surface area contributed by atoms with Gasteiger partial charge in [-0.3, -0.25) is 4.79 Å². The van der Waals surface area contributed by atoms with Crippen LogP contribution in [0.5, 0.6) is 0 Å². The van der Waals surface area contributed by atoms with E-state index in [9.17, 15) is 4.79 Å². The number of aromatic nitrogens is 2. The number of H-pyrrole nitrogens is 1. The zero-order valence-electron chi connectivity index (χ0n) is 13.5. The highest BCUT2D eigenvalue weighted by Crippen LogP contribution is 2.24. The van der Waals surface area contributed by atoms with Crippen molar-refractivity contribution < 1.29 is 4.42 Å². The van der Waals surface area contributed by atoms with Gasteiger partial charge in [-0.15, -0.1) is 0 Å². The van der Waals surface area contributed by atoms with E-state index in [1.807, 2.05) is 33.8 Å². The molecule has 0 fully saturated rings. The van der Waals surface area contributed by atoms with Crippen LogP contribution in [0.1, 0.15) is 60.1 Å². The molecule has 0 aliphatic heterocycles. The number of furan rings is 1. The van der Waals surface area contributed by atoms with Crippen LogP contribution in [-0.4, -0.2) is 9.97 Å². The van der Waals surface area contributed by atoms with Crippen LogP contribution in [0.25, 0.3) is 0 Å². The molecule has 21 heavy (non-hydrogen) atoms. The van der Waals surface area contributed by atoms with Crippen molar-refractivity contribution in [3.05, 3.63) is 50.6 Å². The van der Waals surface area contributed by atoms with Crippen LogP contribution in [0.3, 0.4) is 0 Å². The first kappa shape index (κ1) is 15.5. The fraction of sp³-hybridized carbons (Fsp3) is 0.500. The SMILES string of the molecule is Cc1nc(C)c(C(C)NC(C)c2cc(C)oc2C)c(=O)[nH]1. The summed E-state index contributed by atoms with van der Waals surface area (Å²) < 4.78 is 5.57. The van der Waals surface area contributed by atoms with E-state index >= 15 is 0 Å². The highest BCUT2D eigenvalue weighted by molar-refractivity contribution is 5.25. The third-order valence-electron chi connectivity index (χ3n) is 3.74. The third-order valence-corrected chi connectivity index (χ3v) is 3.74. The van der Waals surface area contributed by atoms with E-state index in [1.165, 1.54) is 0 Å². The minimum atomic E-state index is -0.0912. The lowest BCUT2D eigenvalue weighted by Gasteiger charge is -2.20. The maximum Gasteiger partial charge on any atom is 0.255 e. The van der Waals surface area contributed by atoms with Crippen molar-refractivity contribution >= 4 is 0 Å². The standard InChI is InChI=1S/C16H23N3O2/c1-8-7-14(12(5)21-8)9(2)17-10(3)15-11(4)18-13(6)19-16(15)20/h7,9-10,17H,1-6H3,(H,18,19,20). The Morgan fingerprint density at radius 1 is 1.19 bits per heavy atom. The third kappa shape index (κ3) is 3.24. The first-order valence-electron chi connectivity index (χ1n) is 7.20. The molecule has 5 heteroatoms. The molecule has 0 aliphatic carbocycles. The Kier molecular flexibility index (Phi) is 4.32. The summed E-state index contributed by atoms with van der Waals surface area (Å²) in [5, 5.41) is 3.45. The van der Waals surface area contributed by atoms with Gasteiger partial charge >= 0.3 is 0 Å². The maximum atomic E-state index is 12.1. The van der Waals surface area contributed by atoms with Crippen LogP contribution in [0.2, 0.25) is 0 Å². The van der Waals surface area contributed by atoms with E-state index in [4.69, 9.17) is 4.42 Å². The van der Waals surface area contributed by atoms with Gasteiger partial charge in [-0.25, -0.2) is 4.98 Å². The summed E-state index contributed by atoms with van der Waals surface area (Å²) >= 11 is 0. The number of nitrogens with zero attached hydrogens (tertiary/aromatic N) is 1. The lowest BCUT2D eigenvalue weighted by molar-refractivity contribution is 0.465. The number of hydrogen-bond donors (Lipinski definition) is 2. The smallest absolute Gasteiger partial charge is 0.255 e. The Morgan fingerprint density at radius 2 is 1.86 bits per heavy atom. The van der Waals surface area contributed by atoms with Crippen LogP contribution in [0, 0.1) is 27.7 Å². The molecule has 0 saturated carbocycles. The summed E-state index contributed by atoms with van der Waals surface area (Å²) in [6.07, 6.45) is 0. The molecular formula is C16H23N3O2. The average molecular weight is 289 g/mol. The van der Waals surface area contributed by atoms with Crippen LogP contribution < -0.4 is 10.9 Å². The van der Waals surface area contributed by atoms with E-state index in [2.05, 4.69) is 22.2 Å². The number of aryl methyl sites for hydroxylation is 4. The lowest BCUT2D eigenvalue weighted by atomic mass is 10.0. The predicted molar refractivity (Wildman–Crippen MR) is 82.5 cm³/mol. The zero-order chi connectivity index (χ0) is 15.7. The van der Waals surface area contributed by atoms with Gasteiger partial charge in [0.2, 0.25) is 0 Å². The molecule has 2 rings (SSSR count). The number of rotatable bonds is 4. The molecular weight excluding hydrogens is 266 g/mol. The molecule has 0 saturated heterocycles. The summed E-state index contributed by atoms with van der Waals surface area (Å²) in [5.41, 5.74) is 2.50. The molecule has 0 amide bonds. The normalized spacial score (nSPS) is 14.2. The maximum absolute atomic E-state index is 12.1. The highest BCUT2D eigenvalue weighted by Gasteiger charge is 2.19. The molecule has 114 valence electrons. The van der Waals surface area contributed by atoms with Gasteiger partial charge in [-0.1, -0.05) is 0 Å². The molecule has 2 atom stereocenters. The van der Waals surface area contributed by atoms with Gasteiger partial charge in [0, 0.05) is 23.3 Å². The van der Waals surface area contributed by atoms with Crippen molar-refractivity contribution in [2.75, 3.05) is 0 Å². The summed E-state index contributed by atoms with van der Waals surface area (Å²) in [5.74, 6) is 2.45. The Labute approximate surface area is 124 Å². The molecule has 0 spiro atoms. The van der Waals surface area contributed by atoms with E-state index in [-0.39, 0.29) is 17.6 Å².